The Morgan fingerprint density at radius 1 is 0.412 bits per heavy atom. The molecule has 10 aliphatic rings. The Kier molecular flexibility index (Phi) is 25.3. The van der Waals surface area contributed by atoms with Crippen LogP contribution in [0.3, 0.4) is 0 Å². The summed E-state index contributed by atoms with van der Waals surface area (Å²) in [5.41, 5.74) is 6.21. The van der Waals surface area contributed by atoms with Crippen molar-refractivity contribution in [2.24, 2.45) is 7.05 Å². The van der Waals surface area contributed by atoms with E-state index in [2.05, 4.69) is 120 Å². The van der Waals surface area contributed by atoms with Crippen LogP contribution in [0.5, 0.6) is 46.0 Å². The van der Waals surface area contributed by atoms with E-state index in [4.69, 9.17) is 84.3 Å². The summed E-state index contributed by atoms with van der Waals surface area (Å²) < 4.78 is 45.9. The van der Waals surface area contributed by atoms with Crippen molar-refractivity contribution in [2.75, 3.05) is 138 Å². The number of ether oxygens (including phenoxy) is 8. The van der Waals surface area contributed by atoms with Crippen molar-refractivity contribution >= 4 is 266 Å². The lowest BCUT2D eigenvalue weighted by molar-refractivity contribution is 0.0668. The monoisotopic (exact) mass is 2140 g/mol. The number of nitriles is 4. The van der Waals surface area contributed by atoms with Gasteiger partial charge in [0.2, 0.25) is 27.2 Å². The summed E-state index contributed by atoms with van der Waals surface area (Å²) in [6, 6.07) is 32.8. The van der Waals surface area contributed by atoms with E-state index in [9.17, 15) is 59.4 Å². The van der Waals surface area contributed by atoms with Gasteiger partial charge in [0.1, 0.15) is 85.9 Å². The third-order valence-corrected chi connectivity index (χ3v) is 31.3. The molecule has 2 fully saturated rings. The molecule has 15 aromatic rings. The van der Waals surface area contributed by atoms with Crippen LogP contribution in [0.15, 0.2) is 134 Å². The molecular weight excluding hydrogens is 2070 g/mol. The molecule has 0 unspecified atom stereocenters. The summed E-state index contributed by atoms with van der Waals surface area (Å²) >= 11 is 30.6. The number of benzene rings is 5. The van der Waals surface area contributed by atoms with E-state index in [0.717, 1.165) is 79.3 Å². The molecule has 2 saturated heterocycles. The van der Waals surface area contributed by atoms with Gasteiger partial charge in [-0.3, -0.25) is 53.3 Å². The number of hydrogen-bond acceptors (Lipinski definition) is 33. The Morgan fingerprint density at radius 3 is 1.05 bits per heavy atom. The Hall–Kier alpha value is -16.7. The molecule has 25 rings (SSSR count). The highest BCUT2D eigenvalue weighted by Gasteiger charge is 2.46. The Morgan fingerprint density at radius 2 is 0.730 bits per heavy atom. The van der Waals surface area contributed by atoms with Gasteiger partial charge in [-0.1, -0.05) is 58.5 Å². The number of rotatable bonds is 15. The highest BCUT2D eigenvalue weighted by molar-refractivity contribution is 7.23. The number of nitrogens with zero attached hydrogens (tertiary/aromatic N) is 19. The number of thiophene rings is 4. The topological polar surface area (TPSA) is 498 Å². The predicted molar refractivity (Wildman–Crippen MR) is 555 cm³/mol. The van der Waals surface area contributed by atoms with Gasteiger partial charge in [0.15, 0.2) is 51.8 Å². The van der Waals surface area contributed by atoms with Gasteiger partial charge in [-0.15, -0.1) is 45.3 Å². The smallest absolute Gasteiger partial charge is 0.331 e. The summed E-state index contributed by atoms with van der Waals surface area (Å²) in [7, 11) is 10.1. The van der Waals surface area contributed by atoms with Crippen molar-refractivity contribution in [3.05, 3.63) is 202 Å². The van der Waals surface area contributed by atoms with Gasteiger partial charge >= 0.3 is 24.1 Å². The molecule has 5 aromatic carbocycles. The van der Waals surface area contributed by atoms with E-state index in [1.165, 1.54) is 61.3 Å². The fraction of sp³-hybridized carbons (Fsp3) is 0.204. The first-order chi connectivity index (χ1) is 71.7. The maximum absolute atomic E-state index is 13.7. The average molecular weight is 2140 g/mol. The number of anilines is 15. The molecule has 0 aliphatic carbocycles. The number of nitrogens with one attached hydrogen (secondary N) is 7. The number of carbonyl (C=O) groups is 8. The van der Waals surface area contributed by atoms with E-state index in [1.54, 1.807) is 97.1 Å². The van der Waals surface area contributed by atoms with Crippen molar-refractivity contribution in [1.29, 1.82) is 21.0 Å². The van der Waals surface area contributed by atoms with Crippen LogP contribution in [0.4, 0.5) is 105 Å². The number of piperidine rings is 2. The summed E-state index contributed by atoms with van der Waals surface area (Å²) in [6.07, 6.45) is 14.4. The third-order valence-electron chi connectivity index (χ3n) is 25.7. The zero-order valence-corrected chi connectivity index (χ0v) is 84.0. The molecule has 20 heterocycles. The summed E-state index contributed by atoms with van der Waals surface area (Å²) in [6.45, 7) is 4.13. The Bertz CT molecular complexity index is 8390. The van der Waals surface area contributed by atoms with Gasteiger partial charge in [0.25, 0.3) is 23.6 Å². The molecule has 0 saturated carbocycles. The van der Waals surface area contributed by atoms with Crippen molar-refractivity contribution in [1.82, 2.24) is 54.3 Å². The number of aryl methyl sites for hydroxylation is 1. The van der Waals surface area contributed by atoms with Crippen LogP contribution < -0.4 is 94.7 Å². The number of amides is 12. The van der Waals surface area contributed by atoms with Gasteiger partial charge in [-0.25, -0.2) is 39.1 Å². The van der Waals surface area contributed by atoms with Crippen LogP contribution in [-0.2, 0) is 13.6 Å². The second-order valence-electron chi connectivity index (χ2n) is 34.7. The summed E-state index contributed by atoms with van der Waals surface area (Å²) in [5.74, 6) is 1.79. The quantitative estimate of drug-likeness (QED) is 0.0501. The number of pyridine rings is 5. The van der Waals surface area contributed by atoms with Gasteiger partial charge in [-0.05, 0) is 145 Å². The van der Waals surface area contributed by atoms with Crippen molar-refractivity contribution in [3.63, 3.8) is 0 Å². The molecule has 10 aliphatic heterocycles. The van der Waals surface area contributed by atoms with E-state index in [1.807, 2.05) is 43.3 Å². The molecular formula is C98H72Cl4N26O16S4. The van der Waals surface area contributed by atoms with Crippen molar-refractivity contribution < 1.29 is 76.3 Å². The molecule has 742 valence electrons. The number of likely N-dealkylation sites (tertiary alicyclic amines) is 2. The first-order valence-corrected chi connectivity index (χ1v) is 50.0. The number of aromatic nitrogens is 7. The summed E-state index contributed by atoms with van der Waals surface area (Å²) in [5, 5.41) is 66.3. The zero-order valence-electron chi connectivity index (χ0n) is 77.7. The highest BCUT2D eigenvalue weighted by atomic mass is 35.5. The molecule has 0 spiro atoms. The maximum atomic E-state index is 13.7. The molecule has 42 nitrogen and oxygen atoms in total. The number of carbonyl (C=O) groups excluding carboxylic acids is 8. The normalized spacial score (nSPS) is 15.2. The minimum Gasteiger partial charge on any atom is -0.454 e. The van der Waals surface area contributed by atoms with Gasteiger partial charge in [-0.2, -0.15) is 26.1 Å². The van der Waals surface area contributed by atoms with Crippen LogP contribution >= 0.6 is 91.8 Å². The number of fused-ring (bicyclic) bond motifs is 4. The van der Waals surface area contributed by atoms with E-state index in [0.29, 0.717) is 140 Å². The molecule has 50 heteroatoms. The van der Waals surface area contributed by atoms with E-state index >= 15 is 0 Å². The lowest BCUT2D eigenvalue weighted by Gasteiger charge is -2.35. The second kappa shape index (κ2) is 39.0. The van der Waals surface area contributed by atoms with Gasteiger partial charge in [0.05, 0.1) is 109 Å². The SMILES string of the molecule is CN(C)C1CCN(C(=O)c2sc3ncc(C#N)c4c3c2NC(=O)N4c2c(Cl)ccc3c2OCO3)CC1.CN(C)C1CCN(Cc2ccc(NC(=O)c3sc4ncc(C#N)c5c4c3NC(=O)N5c3c(Cl)ccc4c3OCO4)cc2)CC1.Cn1ccc(NC(=O)c2sc3ncc(C#N)c4c3c2NC(=O)N4c2c(Cl)ccc3c2OCO3)n1.N#Cc1cnc2sc(C(=O)Nc3ccncc3)c3c2c1N(c1c(Cl)ccc2c1OCO2)C(=O)N3. The fourth-order valence-corrected chi connectivity index (χ4v) is 23.8. The minimum absolute atomic E-state index is 0.0120. The van der Waals surface area contributed by atoms with Crippen LogP contribution in [0.25, 0.3) is 40.9 Å². The van der Waals surface area contributed by atoms with E-state index < -0.39 is 41.8 Å². The van der Waals surface area contributed by atoms with Gasteiger partial charge in [0, 0.05) is 99.6 Å². The predicted octanol–water partition coefficient (Wildman–Crippen LogP) is 19.5. The number of hydrogen-bond donors (Lipinski definition) is 7. The van der Waals surface area contributed by atoms with Crippen LogP contribution in [0.2, 0.25) is 20.1 Å². The standard InChI is InChI=1S/C31H28ClN7O4S.C24H21ClN6O4S.C22H11ClN6O4S.C21H12ClN7O4S/c1-37(2)20-9-11-38(12-10-20)15-17-3-5-19(6-4-17)35-29(40)28-24-23-25(18(13-33)14-34-30(23)44-28)39(31(41)36-24)26-21(32)7-8-22-27(26)43-16-42-22;1-29(2)13-5-7-30(8-6-13)23(32)21-17-16-18(12(9-26)10-27-22(16)36-21)31(24(33)28-17)19-14(25)3-4-15-20(19)35-11-34-15;23-12-1-2-13-18(33-9-32-13)17(12)29-16-10(7-24)8-26-21-14(16)15(28-22(29)31)19(34-21)20(30)27-11-3-5-25-6-4-11;1-28-5-4-12(27-28)25-19(30)18-14-13-15(9(6-23)7-24-20(13)34-18)29(21(31)26-14)16-10(22)2-3-11-17(16)33-8-32-11/h3-8,14,20H,9-12,15-16H2,1-2H3,(H,35,40)(H,36,41);3-4,10,13H,5-8,11H2,1-2H3,(H,28,33);1-6,8H,9H2,(H,28,31)(H,25,27,30);2-5,7H,8H2,1H3,(H,26,31)(H,25,27,30). The maximum Gasteiger partial charge on any atom is 0.331 e. The summed E-state index contributed by atoms with van der Waals surface area (Å²) in [4.78, 5) is 146. The molecule has 0 bridgehead atoms. The van der Waals surface area contributed by atoms with Crippen LogP contribution in [-0.4, -0.2) is 196 Å². The molecule has 7 N–H and O–H groups in total. The fourth-order valence-electron chi connectivity index (χ4n) is 18.8. The van der Waals surface area contributed by atoms with Gasteiger partial charge < -0.3 is 89.8 Å². The first-order valence-electron chi connectivity index (χ1n) is 45.2. The highest BCUT2D eigenvalue weighted by Crippen LogP contribution is 2.60. The van der Waals surface area contributed by atoms with E-state index in [-0.39, 0.29) is 153 Å². The lowest BCUT2D eigenvalue weighted by Crippen LogP contribution is -2.44. The molecule has 0 radical (unpaired) electrons. The average Bonchev–Trinajstić information content (AvgIpc) is 1.56. The molecule has 12 amide bonds. The Labute approximate surface area is 873 Å². The lowest BCUT2D eigenvalue weighted by atomic mass is 10.0. The second-order valence-corrected chi connectivity index (χ2v) is 40.3. The molecule has 0 atom stereocenters. The van der Waals surface area contributed by atoms with Crippen molar-refractivity contribution in [3.8, 4) is 70.3 Å². The molecule has 10 aromatic heterocycles. The molecule has 148 heavy (non-hydrogen) atoms. The third kappa shape index (κ3) is 16.9. The first kappa shape index (κ1) is 96.1. The zero-order chi connectivity index (χ0) is 103. The largest absolute Gasteiger partial charge is 0.454 e. The minimum atomic E-state index is -0.618. The van der Waals surface area contributed by atoms with Crippen molar-refractivity contribution in [2.45, 2.75) is 44.3 Å². The Balaban J connectivity index is 0.000000112. The van der Waals surface area contributed by atoms with Crippen LogP contribution in [0.1, 0.15) is 92.2 Å². The van der Waals surface area contributed by atoms with Crippen LogP contribution in [0, 0.1) is 45.3 Å². The number of urea groups is 4. The number of halogens is 4.